The molecule has 0 aromatic carbocycles. The molecule has 2 rings (SSSR count). The van der Waals surface area contributed by atoms with Crippen LogP contribution in [0.3, 0.4) is 0 Å². The van der Waals surface area contributed by atoms with E-state index in [9.17, 15) is 0 Å². The first-order valence-corrected chi connectivity index (χ1v) is 9.67. The van der Waals surface area contributed by atoms with Gasteiger partial charge in [-0.25, -0.2) is 9.97 Å². The molecule has 2 heterocycles. The van der Waals surface area contributed by atoms with Gasteiger partial charge in [0, 0.05) is 56.6 Å². The number of hydrogen-bond acceptors (Lipinski definition) is 6. The first kappa shape index (κ1) is 19.1. The van der Waals surface area contributed by atoms with Crippen LogP contribution in [0.25, 0.3) is 0 Å². The Morgan fingerprint density at radius 2 is 1.48 bits per heavy atom. The normalized spacial score (nSPS) is 19.7. The van der Waals surface area contributed by atoms with Gasteiger partial charge in [-0.1, -0.05) is 13.8 Å². The summed E-state index contributed by atoms with van der Waals surface area (Å²) in [5.41, 5.74) is 2.13. The Morgan fingerprint density at radius 3 is 1.96 bits per heavy atom. The number of nitrogens with one attached hydrogen (secondary N) is 2. The Labute approximate surface area is 159 Å². The second-order valence-electron chi connectivity index (χ2n) is 5.93. The Bertz CT molecular complexity index is 558. The fourth-order valence-electron chi connectivity index (χ4n) is 2.73. The maximum absolute atomic E-state index is 4.90. The molecule has 0 spiro atoms. The maximum Gasteiger partial charge on any atom is 0.0921 e. The minimum Gasteiger partial charge on any atom is -0.348 e. The van der Waals surface area contributed by atoms with Crippen LogP contribution in [-0.4, -0.2) is 40.9 Å². The monoisotopic (exact) mass is 388 g/mol. The number of imidazole rings is 2. The molecule has 0 aliphatic rings. The lowest BCUT2D eigenvalue weighted by Crippen LogP contribution is -2.31. The van der Waals surface area contributed by atoms with E-state index in [1.54, 1.807) is 12.7 Å². The van der Waals surface area contributed by atoms with Crippen LogP contribution in [0.4, 0.5) is 0 Å². The highest BCUT2D eigenvalue weighted by molar-refractivity contribution is 7.86. The van der Waals surface area contributed by atoms with E-state index in [4.69, 9.17) is 25.3 Å². The fourth-order valence-corrected chi connectivity index (χ4v) is 4.20. The molecule has 0 amide bonds. The van der Waals surface area contributed by atoms with Crippen LogP contribution in [0.5, 0.6) is 0 Å². The Kier molecular flexibility index (Phi) is 7.31. The van der Waals surface area contributed by atoms with Crippen molar-refractivity contribution in [1.82, 2.24) is 19.9 Å². The molecule has 2 N–H and O–H groups in total. The van der Waals surface area contributed by atoms with Gasteiger partial charge in [-0.3, -0.25) is 0 Å². The average Bonchev–Trinajstić information content (AvgIpc) is 3.20. The zero-order valence-corrected chi connectivity index (χ0v) is 16.7. The van der Waals surface area contributed by atoms with Crippen molar-refractivity contribution in [3.05, 3.63) is 36.4 Å². The molecule has 0 saturated carbocycles. The van der Waals surface area contributed by atoms with Crippen LogP contribution >= 0.6 is 50.5 Å². The molecule has 6 unspecified atom stereocenters. The smallest absolute Gasteiger partial charge is 0.0921 e. The van der Waals surface area contributed by atoms with E-state index < -0.39 is 0 Å². The molecular weight excluding hydrogens is 364 g/mol. The first-order chi connectivity index (χ1) is 10.9. The molecule has 23 heavy (non-hydrogen) atoms. The van der Waals surface area contributed by atoms with Crippen LogP contribution in [-0.2, 0) is 0 Å². The standard InChI is InChI=1S/C15H24N4S4/c1-8(10-4-16-6-18-10)14(11-5-17-7-19-11)15(23)13(22)3-12(21)9(2)20/h4-9,12-15,20-23H,3H2,1-2H3,(H,16,18)(H,17,19). The van der Waals surface area contributed by atoms with Gasteiger partial charge in [0.2, 0.25) is 0 Å². The van der Waals surface area contributed by atoms with Crippen LogP contribution in [0.1, 0.15) is 43.5 Å². The SMILES string of the molecule is CC(S)C(S)CC(S)C(S)C(c1cnc[nH]1)C(C)c1cnc[nH]1. The van der Waals surface area contributed by atoms with E-state index in [0.717, 1.165) is 17.8 Å². The quantitative estimate of drug-likeness (QED) is 0.391. The third-order valence-corrected chi connectivity index (χ3v) is 6.93. The zero-order chi connectivity index (χ0) is 17.0. The molecule has 2 aromatic rings. The van der Waals surface area contributed by atoms with Gasteiger partial charge in [0.05, 0.1) is 12.7 Å². The molecule has 0 fully saturated rings. The second-order valence-corrected chi connectivity index (χ2v) is 8.67. The highest BCUT2D eigenvalue weighted by Gasteiger charge is 2.33. The van der Waals surface area contributed by atoms with Gasteiger partial charge in [-0.15, -0.1) is 0 Å². The third-order valence-electron chi connectivity index (χ3n) is 4.23. The largest absolute Gasteiger partial charge is 0.348 e. The van der Waals surface area contributed by atoms with Gasteiger partial charge < -0.3 is 9.97 Å². The van der Waals surface area contributed by atoms with Crippen LogP contribution in [0.15, 0.2) is 25.0 Å². The van der Waals surface area contributed by atoms with Gasteiger partial charge in [-0.2, -0.15) is 50.5 Å². The summed E-state index contributed by atoms with van der Waals surface area (Å²) >= 11 is 18.8. The molecule has 0 aliphatic carbocycles. The summed E-state index contributed by atoms with van der Waals surface area (Å²) in [5.74, 6) is 0.349. The minimum atomic E-state index is 0.0406. The molecule has 128 valence electrons. The number of rotatable bonds is 8. The van der Waals surface area contributed by atoms with Crippen molar-refractivity contribution in [2.75, 3.05) is 0 Å². The van der Waals surface area contributed by atoms with Gasteiger partial charge in [0.15, 0.2) is 0 Å². The highest BCUT2D eigenvalue weighted by Crippen LogP contribution is 2.39. The van der Waals surface area contributed by atoms with Crippen LogP contribution in [0, 0.1) is 0 Å². The van der Waals surface area contributed by atoms with Crippen molar-refractivity contribution in [2.24, 2.45) is 0 Å². The van der Waals surface area contributed by atoms with Gasteiger partial charge in [0.1, 0.15) is 0 Å². The lowest BCUT2D eigenvalue weighted by Gasteiger charge is -2.32. The Hall–Kier alpha value is -0.180. The predicted octanol–water partition coefficient (Wildman–Crippen LogP) is 3.62. The summed E-state index contributed by atoms with van der Waals surface area (Å²) in [6.45, 7) is 4.22. The van der Waals surface area contributed by atoms with Crippen LogP contribution in [0.2, 0.25) is 0 Å². The predicted molar refractivity (Wildman–Crippen MR) is 110 cm³/mol. The lowest BCUT2D eigenvalue weighted by molar-refractivity contribution is 0.510. The summed E-state index contributed by atoms with van der Waals surface area (Å²) < 4.78 is 0. The molecule has 0 saturated heterocycles. The molecule has 0 bridgehead atoms. The number of thiol groups is 4. The van der Waals surface area contributed by atoms with Crippen molar-refractivity contribution in [2.45, 2.75) is 53.1 Å². The van der Waals surface area contributed by atoms with E-state index in [0.29, 0.717) is 0 Å². The molecule has 6 atom stereocenters. The van der Waals surface area contributed by atoms with Crippen LogP contribution < -0.4 is 0 Å². The Balaban J connectivity index is 2.20. The molecular formula is C15H24N4S4. The van der Waals surface area contributed by atoms with Crippen molar-refractivity contribution < 1.29 is 0 Å². The van der Waals surface area contributed by atoms with E-state index in [1.165, 1.54) is 0 Å². The van der Waals surface area contributed by atoms with Crippen molar-refractivity contribution in [3.8, 4) is 0 Å². The van der Waals surface area contributed by atoms with Crippen molar-refractivity contribution in [3.63, 3.8) is 0 Å². The molecule has 0 radical (unpaired) electrons. The maximum atomic E-state index is 4.90. The number of aromatic amines is 2. The number of H-pyrrole nitrogens is 2. The summed E-state index contributed by atoms with van der Waals surface area (Å²) in [6, 6.07) is 0. The third kappa shape index (κ3) is 4.90. The van der Waals surface area contributed by atoms with E-state index in [2.05, 4.69) is 52.1 Å². The van der Waals surface area contributed by atoms with E-state index >= 15 is 0 Å². The molecule has 2 aromatic heterocycles. The van der Waals surface area contributed by atoms with E-state index in [1.807, 2.05) is 19.3 Å². The van der Waals surface area contributed by atoms with Gasteiger partial charge in [0.25, 0.3) is 0 Å². The topological polar surface area (TPSA) is 57.4 Å². The Morgan fingerprint density at radius 1 is 0.913 bits per heavy atom. The summed E-state index contributed by atoms with van der Waals surface area (Å²) in [4.78, 5) is 14.7. The van der Waals surface area contributed by atoms with E-state index in [-0.39, 0.29) is 32.8 Å². The molecule has 4 nitrogen and oxygen atoms in total. The number of hydrogen-bond donors (Lipinski definition) is 6. The number of nitrogens with zero attached hydrogens (tertiary/aromatic N) is 2. The average molecular weight is 389 g/mol. The van der Waals surface area contributed by atoms with Crippen molar-refractivity contribution >= 4 is 50.5 Å². The van der Waals surface area contributed by atoms with Gasteiger partial charge in [-0.05, 0) is 6.42 Å². The summed E-state index contributed by atoms with van der Waals surface area (Å²) in [6.07, 6.45) is 7.96. The molecule has 8 heteroatoms. The second kappa shape index (κ2) is 8.78. The summed E-state index contributed by atoms with van der Waals surface area (Å²) in [5, 5.41) is 0.525. The first-order valence-electron chi connectivity index (χ1n) is 7.60. The summed E-state index contributed by atoms with van der Waals surface area (Å²) in [7, 11) is 0. The zero-order valence-electron chi connectivity index (χ0n) is 13.2. The fraction of sp³-hybridized carbons (Fsp3) is 0.600. The van der Waals surface area contributed by atoms with Gasteiger partial charge >= 0.3 is 0 Å². The highest BCUT2D eigenvalue weighted by atomic mass is 32.1. The van der Waals surface area contributed by atoms with Crippen molar-refractivity contribution in [1.29, 1.82) is 0 Å². The molecule has 0 aliphatic heterocycles. The minimum absolute atomic E-state index is 0.0406. The number of aromatic nitrogens is 4. The lowest BCUT2D eigenvalue weighted by atomic mass is 9.84.